The molecule has 0 saturated carbocycles. The number of esters is 1. The van der Waals surface area contributed by atoms with Crippen LogP contribution in [-0.4, -0.2) is 24.8 Å². The third-order valence-corrected chi connectivity index (χ3v) is 2.33. The lowest BCUT2D eigenvalue weighted by Crippen LogP contribution is -2.01. The van der Waals surface area contributed by atoms with Gasteiger partial charge < -0.3 is 4.74 Å². The molecular weight excluding hydrogens is 166 g/mol. The van der Waals surface area contributed by atoms with Gasteiger partial charge in [-0.05, 0) is 32.6 Å². The number of methoxy groups -OCH3 is 1. The summed E-state index contributed by atoms with van der Waals surface area (Å²) in [4.78, 5) is 15.3. The quantitative estimate of drug-likeness (QED) is 0.625. The fraction of sp³-hybridized carbons (Fsp3) is 0.800. The van der Waals surface area contributed by atoms with Crippen molar-refractivity contribution in [3.8, 4) is 0 Å². The Hall–Kier alpha value is -0.860. The van der Waals surface area contributed by atoms with Crippen molar-refractivity contribution >= 4 is 11.7 Å². The lowest BCUT2D eigenvalue weighted by molar-refractivity contribution is -0.140. The third-order valence-electron chi connectivity index (χ3n) is 2.33. The van der Waals surface area contributed by atoms with Crippen LogP contribution in [0.2, 0.25) is 0 Å². The molecule has 0 saturated heterocycles. The first-order valence-electron chi connectivity index (χ1n) is 4.84. The van der Waals surface area contributed by atoms with Gasteiger partial charge in [0.2, 0.25) is 0 Å². The van der Waals surface area contributed by atoms with Gasteiger partial charge in [0.1, 0.15) is 0 Å². The van der Waals surface area contributed by atoms with Crippen molar-refractivity contribution in [2.24, 2.45) is 4.99 Å². The second-order valence-electron chi connectivity index (χ2n) is 3.51. The molecule has 0 aromatic rings. The summed E-state index contributed by atoms with van der Waals surface area (Å²) >= 11 is 0. The van der Waals surface area contributed by atoms with Crippen LogP contribution in [0.15, 0.2) is 4.99 Å². The van der Waals surface area contributed by atoms with Crippen LogP contribution in [0.4, 0.5) is 0 Å². The van der Waals surface area contributed by atoms with Crippen molar-refractivity contribution in [1.82, 2.24) is 0 Å². The Labute approximate surface area is 79.2 Å². The summed E-state index contributed by atoms with van der Waals surface area (Å²) in [6.07, 6.45) is 4.64. The summed E-state index contributed by atoms with van der Waals surface area (Å²) in [5, 5.41) is 0. The van der Waals surface area contributed by atoms with Gasteiger partial charge in [-0.2, -0.15) is 0 Å². The van der Waals surface area contributed by atoms with E-state index >= 15 is 0 Å². The molecule has 13 heavy (non-hydrogen) atoms. The fourth-order valence-electron chi connectivity index (χ4n) is 1.54. The number of nitrogens with zero attached hydrogens (tertiary/aromatic N) is 1. The summed E-state index contributed by atoms with van der Waals surface area (Å²) in [6.45, 7) is 2.13. The molecule has 74 valence electrons. The first kappa shape index (κ1) is 10.2. The molecular formula is C10H17NO2. The first-order chi connectivity index (χ1) is 6.22. The molecule has 1 aliphatic rings. The van der Waals surface area contributed by atoms with E-state index in [0.717, 1.165) is 19.3 Å². The van der Waals surface area contributed by atoms with Gasteiger partial charge in [0, 0.05) is 18.2 Å². The van der Waals surface area contributed by atoms with Crippen LogP contribution in [0.1, 0.15) is 39.0 Å². The molecule has 1 atom stereocenters. The summed E-state index contributed by atoms with van der Waals surface area (Å²) in [5.41, 5.74) is 1.27. The van der Waals surface area contributed by atoms with Crippen molar-refractivity contribution in [3.05, 3.63) is 0 Å². The largest absolute Gasteiger partial charge is 0.469 e. The minimum absolute atomic E-state index is 0.119. The Morgan fingerprint density at radius 2 is 2.46 bits per heavy atom. The van der Waals surface area contributed by atoms with Gasteiger partial charge in [-0.15, -0.1) is 0 Å². The van der Waals surface area contributed by atoms with Crippen LogP contribution >= 0.6 is 0 Å². The number of hydrogen-bond donors (Lipinski definition) is 0. The van der Waals surface area contributed by atoms with Gasteiger partial charge in [0.05, 0.1) is 7.11 Å². The zero-order valence-electron chi connectivity index (χ0n) is 8.38. The van der Waals surface area contributed by atoms with Gasteiger partial charge >= 0.3 is 5.97 Å². The lowest BCUT2D eigenvalue weighted by atomic mass is 10.1. The van der Waals surface area contributed by atoms with E-state index in [1.807, 2.05) is 0 Å². The maximum atomic E-state index is 10.8. The molecule has 0 bridgehead atoms. The minimum Gasteiger partial charge on any atom is -0.469 e. The molecule has 0 aromatic heterocycles. The lowest BCUT2D eigenvalue weighted by Gasteiger charge is -1.99. The summed E-state index contributed by atoms with van der Waals surface area (Å²) in [6, 6.07) is 0.494. The van der Waals surface area contributed by atoms with Gasteiger partial charge in [0.25, 0.3) is 0 Å². The molecule has 0 radical (unpaired) electrons. The monoisotopic (exact) mass is 183 g/mol. The van der Waals surface area contributed by atoms with Crippen LogP contribution in [0.5, 0.6) is 0 Å². The van der Waals surface area contributed by atoms with Gasteiger partial charge in [0.15, 0.2) is 0 Å². The number of rotatable bonds is 4. The number of ether oxygens (including phenoxy) is 1. The van der Waals surface area contributed by atoms with E-state index in [1.165, 1.54) is 19.2 Å². The third kappa shape index (κ3) is 3.57. The molecule has 0 spiro atoms. The number of carbonyl (C=O) groups excluding carboxylic acids is 1. The van der Waals surface area contributed by atoms with E-state index in [9.17, 15) is 4.79 Å². The van der Waals surface area contributed by atoms with Crippen LogP contribution in [0.25, 0.3) is 0 Å². The topological polar surface area (TPSA) is 38.7 Å². The average molecular weight is 183 g/mol. The normalized spacial score (nSPS) is 21.4. The smallest absolute Gasteiger partial charge is 0.305 e. The van der Waals surface area contributed by atoms with E-state index in [2.05, 4.69) is 16.7 Å². The van der Waals surface area contributed by atoms with Gasteiger partial charge in [-0.25, -0.2) is 0 Å². The predicted molar refractivity (Wildman–Crippen MR) is 52.0 cm³/mol. The van der Waals surface area contributed by atoms with Gasteiger partial charge in [-0.3, -0.25) is 9.79 Å². The number of hydrogen-bond acceptors (Lipinski definition) is 3. The van der Waals surface area contributed by atoms with Crippen molar-refractivity contribution in [3.63, 3.8) is 0 Å². The van der Waals surface area contributed by atoms with Crippen LogP contribution in [-0.2, 0) is 9.53 Å². The van der Waals surface area contributed by atoms with Crippen LogP contribution in [0.3, 0.4) is 0 Å². The standard InChI is InChI=1S/C10H17NO2/c1-8-6-7-9(11-8)4-3-5-10(12)13-2/h8H,3-7H2,1-2H3. The molecule has 0 N–H and O–H groups in total. The zero-order valence-corrected chi connectivity index (χ0v) is 8.38. The molecule has 0 amide bonds. The molecule has 1 heterocycles. The molecule has 0 fully saturated rings. The summed E-state index contributed by atoms with van der Waals surface area (Å²) in [7, 11) is 1.43. The molecule has 3 heteroatoms. The van der Waals surface area contributed by atoms with Crippen molar-refractivity contribution in [1.29, 1.82) is 0 Å². The number of aliphatic imine (C=N–C) groups is 1. The highest BCUT2D eigenvalue weighted by Crippen LogP contribution is 2.16. The first-order valence-corrected chi connectivity index (χ1v) is 4.84. The molecule has 1 unspecified atom stereocenters. The Bertz CT molecular complexity index is 211. The Morgan fingerprint density at radius 3 is 3.00 bits per heavy atom. The SMILES string of the molecule is COC(=O)CCCC1=NC(C)CC1. The van der Waals surface area contributed by atoms with Crippen molar-refractivity contribution in [2.75, 3.05) is 7.11 Å². The highest BCUT2D eigenvalue weighted by atomic mass is 16.5. The second-order valence-corrected chi connectivity index (χ2v) is 3.51. The highest BCUT2D eigenvalue weighted by Gasteiger charge is 2.12. The Balaban J connectivity index is 2.13. The van der Waals surface area contributed by atoms with Crippen LogP contribution in [0, 0.1) is 0 Å². The fourth-order valence-corrected chi connectivity index (χ4v) is 1.54. The van der Waals surface area contributed by atoms with E-state index in [1.54, 1.807) is 0 Å². The van der Waals surface area contributed by atoms with E-state index < -0.39 is 0 Å². The molecule has 1 aliphatic heterocycles. The average Bonchev–Trinajstić information content (AvgIpc) is 2.51. The molecule has 3 nitrogen and oxygen atoms in total. The van der Waals surface area contributed by atoms with E-state index in [0.29, 0.717) is 12.5 Å². The summed E-state index contributed by atoms with van der Waals surface area (Å²) < 4.78 is 4.56. The molecule has 1 rings (SSSR count). The predicted octanol–water partition coefficient (Wildman–Crippen LogP) is 1.95. The Morgan fingerprint density at radius 1 is 1.69 bits per heavy atom. The number of carbonyl (C=O) groups is 1. The molecule has 0 aliphatic carbocycles. The van der Waals surface area contributed by atoms with E-state index in [-0.39, 0.29) is 5.97 Å². The van der Waals surface area contributed by atoms with E-state index in [4.69, 9.17) is 0 Å². The second kappa shape index (κ2) is 5.00. The molecule has 0 aromatic carbocycles. The van der Waals surface area contributed by atoms with Crippen LogP contribution < -0.4 is 0 Å². The zero-order chi connectivity index (χ0) is 9.68. The minimum atomic E-state index is -0.119. The highest BCUT2D eigenvalue weighted by molar-refractivity contribution is 5.86. The maximum absolute atomic E-state index is 10.8. The van der Waals surface area contributed by atoms with Gasteiger partial charge in [-0.1, -0.05) is 0 Å². The summed E-state index contributed by atoms with van der Waals surface area (Å²) in [5.74, 6) is -0.119. The van der Waals surface area contributed by atoms with Crippen molar-refractivity contribution < 1.29 is 9.53 Å². The van der Waals surface area contributed by atoms with Crippen molar-refractivity contribution in [2.45, 2.75) is 45.1 Å². The maximum Gasteiger partial charge on any atom is 0.305 e. The Kier molecular flexibility index (Phi) is 3.93.